The van der Waals surface area contributed by atoms with Crippen LogP contribution in [-0.2, 0) is 20.7 Å². The zero-order chi connectivity index (χ0) is 23.3. The molecular formula is C24H31NO5Si. The molecule has 1 amide bonds. The third-order valence-electron chi connectivity index (χ3n) is 5.68. The topological polar surface area (TPSA) is 81.7 Å². The Morgan fingerprint density at radius 2 is 1.68 bits per heavy atom. The molecule has 0 fully saturated rings. The third-order valence-corrected chi connectivity index (χ3v) is 10.0. The highest BCUT2D eigenvalue weighted by atomic mass is 28.4. The first-order chi connectivity index (χ1) is 14.4. The molecule has 1 atom stereocenters. The first-order valence-corrected chi connectivity index (χ1v) is 13.1. The summed E-state index contributed by atoms with van der Waals surface area (Å²) in [4.78, 5) is 37.4. The van der Waals surface area contributed by atoms with Gasteiger partial charge in [0.25, 0.3) is 5.91 Å². The van der Waals surface area contributed by atoms with Crippen LogP contribution in [0.4, 0.5) is 0 Å². The fourth-order valence-electron chi connectivity index (χ4n) is 2.82. The lowest BCUT2D eigenvalue weighted by molar-refractivity contribution is -0.149. The lowest BCUT2D eigenvalue weighted by Gasteiger charge is -2.36. The maximum absolute atomic E-state index is 12.7. The number of benzene rings is 2. The highest BCUT2D eigenvalue weighted by Gasteiger charge is 2.42. The van der Waals surface area contributed by atoms with Crippen LogP contribution in [0, 0.1) is 0 Å². The van der Waals surface area contributed by atoms with E-state index in [1.54, 1.807) is 42.5 Å². The molecule has 0 aliphatic heterocycles. The maximum atomic E-state index is 12.7. The molecule has 0 radical (unpaired) electrons. The molecule has 0 saturated carbocycles. The monoisotopic (exact) mass is 441 g/mol. The van der Waals surface area contributed by atoms with Crippen LogP contribution < -0.4 is 9.74 Å². The minimum absolute atomic E-state index is 0.0191. The molecule has 2 rings (SSSR count). The number of methoxy groups -OCH3 is 1. The van der Waals surface area contributed by atoms with Crippen molar-refractivity contribution in [2.24, 2.45) is 0 Å². The number of amides is 1. The van der Waals surface area contributed by atoms with Crippen molar-refractivity contribution in [2.75, 3.05) is 7.11 Å². The van der Waals surface area contributed by atoms with E-state index in [0.717, 1.165) is 0 Å². The Morgan fingerprint density at radius 3 is 2.23 bits per heavy atom. The van der Waals surface area contributed by atoms with Gasteiger partial charge in [0, 0.05) is 12.0 Å². The van der Waals surface area contributed by atoms with Crippen molar-refractivity contribution in [3.8, 4) is 5.75 Å². The Balaban J connectivity index is 2.34. The van der Waals surface area contributed by atoms with E-state index in [-0.39, 0.29) is 11.5 Å². The second-order valence-corrected chi connectivity index (χ2v) is 13.8. The highest BCUT2D eigenvalue weighted by molar-refractivity contribution is 6.74. The smallest absolute Gasteiger partial charge is 0.339 e. The predicted octanol–water partition coefficient (Wildman–Crippen LogP) is 4.15. The molecule has 0 saturated heterocycles. The summed E-state index contributed by atoms with van der Waals surface area (Å²) in [7, 11) is -0.879. The first kappa shape index (κ1) is 24.3. The molecule has 0 aliphatic carbocycles. The number of aldehydes is 1. The summed E-state index contributed by atoms with van der Waals surface area (Å²) < 4.78 is 11.2. The van der Waals surface area contributed by atoms with Crippen molar-refractivity contribution >= 4 is 26.5 Å². The van der Waals surface area contributed by atoms with E-state index in [1.165, 1.54) is 7.11 Å². The quantitative estimate of drug-likeness (QED) is 0.288. The van der Waals surface area contributed by atoms with Crippen LogP contribution in [-0.4, -0.2) is 39.1 Å². The largest absolute Gasteiger partial charge is 0.543 e. The van der Waals surface area contributed by atoms with E-state index in [1.807, 2.05) is 12.1 Å². The van der Waals surface area contributed by atoms with Gasteiger partial charge in [0.2, 0.25) is 8.32 Å². The standard InChI is InChI=1S/C24H31NO5Si/c1-23(2,3)31(5,6)30-20-14-10-11-18(15-20)16-24(17-26,22(28)29-4)25-21(27)19-12-8-7-9-13-19/h7-15,17H,16H2,1-6H3,(H,25,27)/t24-/m1/s1. The van der Waals surface area contributed by atoms with Gasteiger partial charge in [-0.1, -0.05) is 51.1 Å². The van der Waals surface area contributed by atoms with Gasteiger partial charge in [-0.05, 0) is 48.0 Å². The maximum Gasteiger partial charge on any atom is 0.339 e. The van der Waals surface area contributed by atoms with Crippen molar-refractivity contribution in [1.82, 2.24) is 5.32 Å². The summed E-state index contributed by atoms with van der Waals surface area (Å²) in [6, 6.07) is 15.7. The molecule has 0 aromatic heterocycles. The molecule has 31 heavy (non-hydrogen) atoms. The number of hydrogen-bond acceptors (Lipinski definition) is 5. The molecule has 2 aromatic carbocycles. The normalized spacial score (nSPS) is 13.6. The molecule has 1 N–H and O–H groups in total. The fourth-order valence-corrected chi connectivity index (χ4v) is 3.84. The van der Waals surface area contributed by atoms with Crippen LogP contribution in [0.3, 0.4) is 0 Å². The Morgan fingerprint density at radius 1 is 1.03 bits per heavy atom. The molecule has 0 heterocycles. The molecular weight excluding hydrogens is 410 g/mol. The van der Waals surface area contributed by atoms with Crippen LogP contribution in [0.5, 0.6) is 5.75 Å². The van der Waals surface area contributed by atoms with E-state index in [2.05, 4.69) is 39.2 Å². The van der Waals surface area contributed by atoms with Gasteiger partial charge in [0.05, 0.1) is 7.11 Å². The zero-order valence-electron chi connectivity index (χ0n) is 19.0. The molecule has 0 bridgehead atoms. The van der Waals surface area contributed by atoms with Gasteiger partial charge in [-0.3, -0.25) is 4.79 Å². The highest BCUT2D eigenvalue weighted by Crippen LogP contribution is 2.37. The molecule has 0 unspecified atom stereocenters. The Bertz CT molecular complexity index is 936. The molecule has 2 aromatic rings. The molecule has 166 valence electrons. The van der Waals surface area contributed by atoms with Crippen LogP contribution in [0.15, 0.2) is 54.6 Å². The number of rotatable bonds is 8. The number of esters is 1. The van der Waals surface area contributed by atoms with Crippen LogP contribution in [0.1, 0.15) is 36.7 Å². The summed E-state index contributed by atoms with van der Waals surface area (Å²) in [6.07, 6.45) is 0.373. The number of hydrogen-bond donors (Lipinski definition) is 1. The number of nitrogens with one attached hydrogen (secondary N) is 1. The summed E-state index contributed by atoms with van der Waals surface area (Å²) >= 11 is 0. The summed E-state index contributed by atoms with van der Waals surface area (Å²) in [5.74, 6) is -0.697. The Labute approximate surface area is 185 Å². The minimum Gasteiger partial charge on any atom is -0.543 e. The fraction of sp³-hybridized carbons (Fsp3) is 0.375. The number of carbonyl (C=O) groups is 3. The van der Waals surface area contributed by atoms with E-state index < -0.39 is 25.7 Å². The zero-order valence-corrected chi connectivity index (χ0v) is 20.0. The molecule has 7 heteroatoms. The minimum atomic E-state index is -2.07. The van der Waals surface area contributed by atoms with Gasteiger partial charge in [-0.15, -0.1) is 0 Å². The van der Waals surface area contributed by atoms with E-state index in [9.17, 15) is 14.4 Å². The van der Waals surface area contributed by atoms with Crippen LogP contribution in [0.25, 0.3) is 0 Å². The van der Waals surface area contributed by atoms with Gasteiger partial charge >= 0.3 is 5.97 Å². The lowest BCUT2D eigenvalue weighted by Crippen LogP contribution is -2.58. The molecule has 6 nitrogen and oxygen atoms in total. The number of carbonyl (C=O) groups excluding carboxylic acids is 3. The molecule has 0 spiro atoms. The van der Waals surface area contributed by atoms with Crippen molar-refractivity contribution in [3.63, 3.8) is 0 Å². The Hall–Kier alpha value is -2.93. The van der Waals surface area contributed by atoms with E-state index >= 15 is 0 Å². The predicted molar refractivity (Wildman–Crippen MR) is 123 cm³/mol. The van der Waals surface area contributed by atoms with E-state index in [0.29, 0.717) is 23.2 Å². The van der Waals surface area contributed by atoms with Crippen molar-refractivity contribution in [3.05, 3.63) is 65.7 Å². The van der Waals surface area contributed by atoms with Crippen molar-refractivity contribution in [2.45, 2.75) is 50.9 Å². The Kier molecular flexibility index (Phi) is 7.44. The van der Waals surface area contributed by atoms with Gasteiger partial charge in [-0.2, -0.15) is 0 Å². The second kappa shape index (κ2) is 9.47. The van der Waals surface area contributed by atoms with Crippen LogP contribution in [0.2, 0.25) is 18.1 Å². The summed E-state index contributed by atoms with van der Waals surface area (Å²) in [6.45, 7) is 10.7. The second-order valence-electron chi connectivity index (χ2n) is 9.09. The van der Waals surface area contributed by atoms with Gasteiger partial charge in [0.1, 0.15) is 5.75 Å². The van der Waals surface area contributed by atoms with Crippen molar-refractivity contribution in [1.29, 1.82) is 0 Å². The van der Waals surface area contributed by atoms with Gasteiger partial charge in [0.15, 0.2) is 11.8 Å². The lowest BCUT2D eigenvalue weighted by atomic mass is 9.91. The average Bonchev–Trinajstić information content (AvgIpc) is 2.72. The summed E-state index contributed by atoms with van der Waals surface area (Å²) in [5, 5.41) is 2.59. The first-order valence-electron chi connectivity index (χ1n) is 10.1. The van der Waals surface area contributed by atoms with E-state index in [4.69, 9.17) is 9.16 Å². The SMILES string of the molecule is COC(=O)[C@](C=O)(Cc1cccc(O[Si](C)(C)C(C)(C)C)c1)NC(=O)c1ccccc1. The van der Waals surface area contributed by atoms with Crippen LogP contribution >= 0.6 is 0 Å². The van der Waals surface area contributed by atoms with Gasteiger partial charge < -0.3 is 19.3 Å². The van der Waals surface area contributed by atoms with Crippen molar-refractivity contribution < 1.29 is 23.5 Å². The third kappa shape index (κ3) is 5.82. The van der Waals surface area contributed by atoms with Gasteiger partial charge in [-0.25, -0.2) is 4.79 Å². The molecule has 0 aliphatic rings. The average molecular weight is 442 g/mol. The number of ether oxygens (including phenoxy) is 1. The summed E-state index contributed by atoms with van der Waals surface area (Å²) in [5.41, 5.74) is -0.841.